The fourth-order valence-electron chi connectivity index (χ4n) is 8.23. The Bertz CT molecular complexity index is 959. The summed E-state index contributed by atoms with van der Waals surface area (Å²) in [7, 11) is 0. The van der Waals surface area contributed by atoms with Crippen molar-refractivity contribution in [1.29, 1.82) is 0 Å². The van der Waals surface area contributed by atoms with Crippen LogP contribution in [0, 0.1) is 23.6 Å². The van der Waals surface area contributed by atoms with Gasteiger partial charge >= 0.3 is 0 Å². The number of rotatable bonds is 4. The first-order valence-electron chi connectivity index (χ1n) is 15.2. The number of imide groups is 1. The van der Waals surface area contributed by atoms with E-state index in [0.29, 0.717) is 25.0 Å². The molecule has 0 N–H and O–H groups in total. The normalized spacial score (nSPS) is 30.1. The molecule has 2 amide bonds. The molecule has 3 aliphatic heterocycles. The molecular formula is C31H44FN3O2. The van der Waals surface area contributed by atoms with Gasteiger partial charge in [0.25, 0.3) is 0 Å². The lowest BCUT2D eigenvalue weighted by Gasteiger charge is -2.50. The maximum atomic E-state index is 13.9. The second kappa shape index (κ2) is 10.7. The van der Waals surface area contributed by atoms with Gasteiger partial charge in [-0.1, -0.05) is 51.4 Å². The fourth-order valence-corrected chi connectivity index (χ4v) is 8.23. The number of piperidine rings is 1. The highest BCUT2D eigenvalue weighted by Crippen LogP contribution is 2.52. The molecule has 0 bridgehead atoms. The van der Waals surface area contributed by atoms with E-state index in [1.165, 1.54) is 76.3 Å². The van der Waals surface area contributed by atoms with Crippen LogP contribution in [0.2, 0.25) is 0 Å². The summed E-state index contributed by atoms with van der Waals surface area (Å²) in [6.07, 6.45) is 17.3. The Morgan fingerprint density at radius 2 is 1.41 bits per heavy atom. The van der Waals surface area contributed by atoms with Crippen molar-refractivity contribution in [2.45, 2.75) is 101 Å². The Morgan fingerprint density at radius 1 is 0.784 bits per heavy atom. The van der Waals surface area contributed by atoms with Crippen LogP contribution in [0.15, 0.2) is 24.3 Å². The van der Waals surface area contributed by atoms with Crippen molar-refractivity contribution in [3.8, 4) is 0 Å². The largest absolute Gasteiger partial charge is 0.364 e. The molecule has 1 aromatic rings. The molecule has 5 nitrogen and oxygen atoms in total. The molecule has 0 aromatic heterocycles. The quantitative estimate of drug-likeness (QED) is 0.483. The number of nitrogens with zero attached hydrogens (tertiary/aromatic N) is 3. The van der Waals surface area contributed by atoms with Crippen molar-refractivity contribution in [2.24, 2.45) is 17.8 Å². The van der Waals surface area contributed by atoms with Gasteiger partial charge in [0.15, 0.2) is 0 Å². The van der Waals surface area contributed by atoms with Crippen molar-refractivity contribution in [3.05, 3.63) is 30.1 Å². The van der Waals surface area contributed by atoms with Gasteiger partial charge in [0.05, 0.1) is 17.4 Å². The molecule has 3 saturated heterocycles. The Kier molecular flexibility index (Phi) is 7.30. The first-order valence-corrected chi connectivity index (χ1v) is 15.2. The average molecular weight is 510 g/mol. The highest BCUT2D eigenvalue weighted by molar-refractivity contribution is 6.07. The van der Waals surface area contributed by atoms with Crippen molar-refractivity contribution < 1.29 is 14.0 Å². The number of hydrogen-bond donors (Lipinski definition) is 0. The topological polar surface area (TPSA) is 43.9 Å². The number of carbonyl (C=O) groups excluding carboxylic acids is 2. The van der Waals surface area contributed by atoms with Crippen LogP contribution in [-0.4, -0.2) is 59.4 Å². The number of halogens is 1. The molecule has 5 aliphatic rings. The van der Waals surface area contributed by atoms with Crippen LogP contribution in [0.4, 0.5) is 10.1 Å². The van der Waals surface area contributed by atoms with E-state index in [-0.39, 0.29) is 35.0 Å². The van der Waals surface area contributed by atoms with E-state index >= 15 is 0 Å². The Hall–Kier alpha value is -1.95. The first-order chi connectivity index (χ1) is 18.1. The SMILES string of the molecule is O=C1C2CN(c3ccc(F)cc3)C3(CCN(C4CCCCCCCCC4)CC3)C2C(=O)N1CC1CCC1. The second-order valence-corrected chi connectivity index (χ2v) is 12.6. The van der Waals surface area contributed by atoms with Gasteiger partial charge in [-0.3, -0.25) is 14.5 Å². The maximum absolute atomic E-state index is 13.9. The molecule has 2 aliphatic carbocycles. The highest BCUT2D eigenvalue weighted by atomic mass is 19.1. The van der Waals surface area contributed by atoms with Gasteiger partial charge in [0, 0.05) is 37.9 Å². The van der Waals surface area contributed by atoms with Gasteiger partial charge in [-0.15, -0.1) is 0 Å². The summed E-state index contributed by atoms with van der Waals surface area (Å²) in [6.45, 7) is 3.16. The van der Waals surface area contributed by atoms with Gasteiger partial charge in [-0.25, -0.2) is 4.39 Å². The lowest BCUT2D eigenvalue weighted by Crippen LogP contribution is -2.59. The number of hydrogen-bond acceptors (Lipinski definition) is 4. The zero-order valence-corrected chi connectivity index (χ0v) is 22.4. The minimum Gasteiger partial charge on any atom is -0.364 e. The molecule has 202 valence electrons. The Balaban J connectivity index is 1.24. The van der Waals surface area contributed by atoms with Crippen molar-refractivity contribution in [1.82, 2.24) is 9.80 Å². The van der Waals surface area contributed by atoms with Crippen LogP contribution in [0.5, 0.6) is 0 Å². The van der Waals surface area contributed by atoms with E-state index < -0.39 is 0 Å². The van der Waals surface area contributed by atoms with E-state index in [9.17, 15) is 14.0 Å². The first kappa shape index (κ1) is 25.3. The summed E-state index contributed by atoms with van der Waals surface area (Å²) in [4.78, 5) is 34.2. The molecule has 3 heterocycles. The van der Waals surface area contributed by atoms with Crippen LogP contribution >= 0.6 is 0 Å². The lowest BCUT2D eigenvalue weighted by atomic mass is 9.73. The third kappa shape index (κ3) is 4.72. The minimum atomic E-state index is -0.351. The smallest absolute Gasteiger partial charge is 0.235 e. The average Bonchev–Trinajstić information content (AvgIpc) is 3.33. The zero-order valence-electron chi connectivity index (χ0n) is 22.4. The van der Waals surface area contributed by atoms with E-state index in [0.717, 1.165) is 44.5 Å². The molecule has 2 atom stereocenters. The third-order valence-corrected chi connectivity index (χ3v) is 10.6. The maximum Gasteiger partial charge on any atom is 0.235 e. The summed E-state index contributed by atoms with van der Waals surface area (Å²) in [5.41, 5.74) is 0.602. The van der Waals surface area contributed by atoms with Crippen LogP contribution in [0.25, 0.3) is 0 Å². The number of likely N-dealkylation sites (tertiary alicyclic amines) is 2. The molecule has 1 spiro atoms. The predicted octanol–water partition coefficient (Wildman–Crippen LogP) is 5.77. The number of anilines is 1. The molecule has 6 heteroatoms. The van der Waals surface area contributed by atoms with Crippen LogP contribution in [0.3, 0.4) is 0 Å². The predicted molar refractivity (Wildman–Crippen MR) is 144 cm³/mol. The van der Waals surface area contributed by atoms with E-state index in [1.807, 2.05) is 12.1 Å². The summed E-state index contributed by atoms with van der Waals surface area (Å²) < 4.78 is 13.8. The molecule has 1 aromatic carbocycles. The van der Waals surface area contributed by atoms with Gasteiger partial charge in [-0.05, 0) is 68.7 Å². The highest BCUT2D eigenvalue weighted by Gasteiger charge is 2.65. The summed E-state index contributed by atoms with van der Waals surface area (Å²) in [6, 6.07) is 7.35. The molecule has 37 heavy (non-hydrogen) atoms. The van der Waals surface area contributed by atoms with Gasteiger partial charge in [-0.2, -0.15) is 0 Å². The summed E-state index contributed by atoms with van der Waals surface area (Å²) in [5.74, 6) is -0.180. The minimum absolute atomic E-state index is 0.0423. The summed E-state index contributed by atoms with van der Waals surface area (Å²) >= 11 is 0. The third-order valence-electron chi connectivity index (χ3n) is 10.6. The van der Waals surface area contributed by atoms with Crippen molar-refractivity contribution >= 4 is 17.5 Å². The molecular weight excluding hydrogens is 465 g/mol. The number of benzene rings is 1. The molecule has 2 unspecified atom stereocenters. The van der Waals surface area contributed by atoms with Crippen molar-refractivity contribution in [2.75, 3.05) is 31.1 Å². The number of amides is 2. The van der Waals surface area contributed by atoms with Crippen LogP contribution in [-0.2, 0) is 9.59 Å². The molecule has 2 saturated carbocycles. The Morgan fingerprint density at radius 3 is 2.00 bits per heavy atom. The molecule has 5 fully saturated rings. The van der Waals surface area contributed by atoms with Gasteiger partial charge in [0.1, 0.15) is 5.82 Å². The fraction of sp³-hybridized carbons (Fsp3) is 0.742. The van der Waals surface area contributed by atoms with E-state index in [2.05, 4.69) is 9.80 Å². The molecule has 0 radical (unpaired) electrons. The van der Waals surface area contributed by atoms with Crippen molar-refractivity contribution in [3.63, 3.8) is 0 Å². The standard InChI is InChI=1S/C31H44FN3O2/c32-24-13-15-26(16-14-24)35-22-27-28(30(37)34(29(27)36)21-23-9-8-10-23)31(35)17-19-33(20-18-31)25-11-6-4-2-1-3-5-7-12-25/h13-16,23,25,27-28H,1-12,17-22H2. The van der Waals surface area contributed by atoms with E-state index in [4.69, 9.17) is 0 Å². The second-order valence-electron chi connectivity index (χ2n) is 12.6. The Labute approximate surface area is 221 Å². The van der Waals surface area contributed by atoms with Gasteiger partial charge in [0.2, 0.25) is 11.8 Å². The lowest BCUT2D eigenvalue weighted by molar-refractivity contribution is -0.142. The number of fused-ring (bicyclic) bond motifs is 2. The summed E-state index contributed by atoms with van der Waals surface area (Å²) in [5, 5.41) is 0. The number of carbonyl (C=O) groups is 2. The van der Waals surface area contributed by atoms with Crippen LogP contribution in [0.1, 0.15) is 89.9 Å². The van der Waals surface area contributed by atoms with E-state index in [1.54, 1.807) is 4.90 Å². The zero-order chi connectivity index (χ0) is 25.4. The monoisotopic (exact) mass is 509 g/mol. The molecule has 6 rings (SSSR count). The van der Waals surface area contributed by atoms with Gasteiger partial charge < -0.3 is 9.80 Å². The van der Waals surface area contributed by atoms with Crippen LogP contribution < -0.4 is 4.90 Å².